The number of thiazole rings is 1. The Balaban J connectivity index is 1.69. The highest BCUT2D eigenvalue weighted by Crippen LogP contribution is 2.29. The molecule has 0 spiro atoms. The molecule has 0 unspecified atom stereocenters. The van der Waals surface area contributed by atoms with E-state index in [1.165, 1.54) is 16.0 Å². The maximum atomic E-state index is 13.4. The molecular formula is C23H24N6O3S. The number of benzene rings is 1. The van der Waals surface area contributed by atoms with Crippen LogP contribution in [0.4, 0.5) is 0 Å². The number of aromatic amines is 1. The zero-order chi connectivity index (χ0) is 23.9. The molecule has 4 rings (SSSR count). The number of nitrogens with one attached hydrogen (secondary N) is 1. The number of aromatic nitrogens is 5. The van der Waals surface area contributed by atoms with Gasteiger partial charge in [0.25, 0.3) is 17.0 Å². The van der Waals surface area contributed by atoms with Crippen molar-refractivity contribution in [2.24, 2.45) is 7.05 Å². The highest BCUT2D eigenvalue weighted by atomic mass is 32.1. The highest BCUT2D eigenvalue weighted by Gasteiger charge is 2.24. The number of aryl methyl sites for hydroxylation is 3. The molecule has 9 nitrogen and oxygen atoms in total. The van der Waals surface area contributed by atoms with Crippen molar-refractivity contribution in [3.05, 3.63) is 72.6 Å². The zero-order valence-electron chi connectivity index (χ0n) is 19.1. The van der Waals surface area contributed by atoms with Crippen molar-refractivity contribution in [1.82, 2.24) is 29.6 Å². The summed E-state index contributed by atoms with van der Waals surface area (Å²) in [5.41, 5.74) is 2.57. The summed E-state index contributed by atoms with van der Waals surface area (Å²) in [5.74, 6) is 0.181. The molecule has 1 N–H and O–H groups in total. The molecule has 0 bridgehead atoms. The highest BCUT2D eigenvalue weighted by molar-refractivity contribution is 7.17. The van der Waals surface area contributed by atoms with Crippen LogP contribution in [0.1, 0.15) is 39.4 Å². The van der Waals surface area contributed by atoms with Crippen LogP contribution in [-0.4, -0.2) is 42.1 Å². The molecular weight excluding hydrogens is 440 g/mol. The maximum Gasteiger partial charge on any atom is 0.277 e. The lowest BCUT2D eigenvalue weighted by molar-refractivity contribution is 0.0752. The number of carbonyl (C=O) groups excluding carboxylic acids is 1. The maximum absolute atomic E-state index is 13.4. The minimum atomic E-state index is -0.254. The normalized spacial score (nSPS) is 11.2. The Hall–Kier alpha value is -3.66. The van der Waals surface area contributed by atoms with Gasteiger partial charge in [0.05, 0.1) is 34.4 Å². The lowest BCUT2D eigenvalue weighted by atomic mass is 10.1. The van der Waals surface area contributed by atoms with Gasteiger partial charge in [-0.2, -0.15) is 5.10 Å². The monoisotopic (exact) mass is 464 g/mol. The SMILES string of the molecule is CCN(Cc1nc2ccccc2c(=O)[nH]1)C(=O)c1sc(-c2c(C)c(C)nn(C)c2=O)nc1C. The van der Waals surface area contributed by atoms with Gasteiger partial charge in [-0.25, -0.2) is 14.6 Å². The molecule has 0 saturated heterocycles. The Labute approximate surface area is 193 Å². The molecule has 0 aliphatic heterocycles. The second-order valence-corrected chi connectivity index (χ2v) is 8.80. The number of nitrogens with zero attached hydrogens (tertiary/aromatic N) is 5. The summed E-state index contributed by atoms with van der Waals surface area (Å²) in [6.45, 7) is 7.85. The Bertz CT molecular complexity index is 1500. The molecule has 0 atom stereocenters. The second-order valence-electron chi connectivity index (χ2n) is 7.80. The fourth-order valence-corrected chi connectivity index (χ4v) is 4.79. The van der Waals surface area contributed by atoms with Gasteiger partial charge in [-0.3, -0.25) is 14.4 Å². The van der Waals surface area contributed by atoms with Gasteiger partial charge in [0.15, 0.2) is 0 Å². The molecule has 4 aromatic rings. The number of fused-ring (bicyclic) bond motifs is 1. The molecule has 0 fully saturated rings. The van der Waals surface area contributed by atoms with E-state index in [4.69, 9.17) is 0 Å². The van der Waals surface area contributed by atoms with E-state index in [1.54, 1.807) is 37.1 Å². The van der Waals surface area contributed by atoms with Crippen LogP contribution in [0.5, 0.6) is 0 Å². The van der Waals surface area contributed by atoms with Crippen molar-refractivity contribution in [1.29, 1.82) is 0 Å². The van der Waals surface area contributed by atoms with Gasteiger partial charge in [0, 0.05) is 13.6 Å². The zero-order valence-corrected chi connectivity index (χ0v) is 19.9. The first-order valence-electron chi connectivity index (χ1n) is 10.5. The van der Waals surface area contributed by atoms with Gasteiger partial charge >= 0.3 is 0 Å². The number of H-pyrrole nitrogens is 1. The average Bonchev–Trinajstić information content (AvgIpc) is 3.17. The van der Waals surface area contributed by atoms with Crippen LogP contribution in [0.25, 0.3) is 21.5 Å². The Morgan fingerprint density at radius 1 is 1.12 bits per heavy atom. The smallest absolute Gasteiger partial charge is 0.277 e. The van der Waals surface area contributed by atoms with Crippen molar-refractivity contribution >= 4 is 28.1 Å². The van der Waals surface area contributed by atoms with Crippen molar-refractivity contribution < 1.29 is 4.79 Å². The van der Waals surface area contributed by atoms with Gasteiger partial charge in [-0.1, -0.05) is 12.1 Å². The van der Waals surface area contributed by atoms with E-state index in [0.29, 0.717) is 44.4 Å². The summed E-state index contributed by atoms with van der Waals surface area (Å²) in [7, 11) is 1.60. The third-order valence-electron chi connectivity index (χ3n) is 5.60. The summed E-state index contributed by atoms with van der Waals surface area (Å²) in [5, 5.41) is 5.21. The second kappa shape index (κ2) is 8.70. The lowest BCUT2D eigenvalue weighted by Gasteiger charge is -2.19. The first kappa shape index (κ1) is 22.5. The Morgan fingerprint density at radius 3 is 2.58 bits per heavy atom. The van der Waals surface area contributed by atoms with Crippen molar-refractivity contribution in [2.45, 2.75) is 34.2 Å². The Kier molecular flexibility index (Phi) is 5.94. The van der Waals surface area contributed by atoms with Gasteiger partial charge in [0.2, 0.25) is 0 Å². The number of rotatable bonds is 5. The largest absolute Gasteiger partial charge is 0.331 e. The number of carbonyl (C=O) groups is 1. The fourth-order valence-electron chi connectivity index (χ4n) is 3.66. The van der Waals surface area contributed by atoms with Gasteiger partial charge in [-0.05, 0) is 45.4 Å². The number of hydrogen-bond acceptors (Lipinski definition) is 7. The van der Waals surface area contributed by atoms with Gasteiger partial charge in [-0.15, -0.1) is 11.3 Å². The first-order chi connectivity index (χ1) is 15.7. The fraction of sp³-hybridized carbons (Fsp3) is 0.304. The lowest BCUT2D eigenvalue weighted by Crippen LogP contribution is -2.31. The number of hydrogen-bond donors (Lipinski definition) is 1. The van der Waals surface area contributed by atoms with E-state index in [2.05, 4.69) is 20.1 Å². The molecule has 10 heteroatoms. The Morgan fingerprint density at radius 2 is 1.85 bits per heavy atom. The molecule has 1 amide bonds. The predicted octanol–water partition coefficient (Wildman–Crippen LogP) is 2.73. The van der Waals surface area contributed by atoms with Gasteiger partial charge in [0.1, 0.15) is 15.7 Å². The molecule has 0 radical (unpaired) electrons. The number of amides is 1. The van der Waals surface area contributed by atoms with E-state index < -0.39 is 0 Å². The number of para-hydroxylation sites is 1. The summed E-state index contributed by atoms with van der Waals surface area (Å²) >= 11 is 1.19. The van der Waals surface area contributed by atoms with Crippen molar-refractivity contribution in [3.8, 4) is 10.6 Å². The summed E-state index contributed by atoms with van der Waals surface area (Å²) < 4.78 is 1.29. The minimum absolute atomic E-state index is 0.150. The molecule has 0 saturated carbocycles. The first-order valence-corrected chi connectivity index (χ1v) is 11.3. The summed E-state index contributed by atoms with van der Waals surface area (Å²) in [6.07, 6.45) is 0. The topological polar surface area (TPSA) is 114 Å². The van der Waals surface area contributed by atoms with Crippen LogP contribution in [0.2, 0.25) is 0 Å². The van der Waals surface area contributed by atoms with Crippen LogP contribution in [0, 0.1) is 20.8 Å². The average molecular weight is 465 g/mol. The molecule has 3 heterocycles. The van der Waals surface area contributed by atoms with Crippen molar-refractivity contribution in [3.63, 3.8) is 0 Å². The van der Waals surface area contributed by atoms with Crippen LogP contribution in [0.3, 0.4) is 0 Å². The van der Waals surface area contributed by atoms with Crippen LogP contribution in [0.15, 0.2) is 33.9 Å². The van der Waals surface area contributed by atoms with E-state index in [9.17, 15) is 14.4 Å². The van der Waals surface area contributed by atoms with E-state index in [-0.39, 0.29) is 23.6 Å². The third kappa shape index (κ3) is 4.09. The molecule has 1 aromatic carbocycles. The quantitative estimate of drug-likeness (QED) is 0.486. The van der Waals surface area contributed by atoms with Gasteiger partial charge < -0.3 is 9.88 Å². The predicted molar refractivity (Wildman–Crippen MR) is 128 cm³/mol. The molecule has 170 valence electrons. The van der Waals surface area contributed by atoms with E-state index in [1.807, 2.05) is 26.8 Å². The molecule has 0 aliphatic carbocycles. The summed E-state index contributed by atoms with van der Waals surface area (Å²) in [4.78, 5) is 52.4. The van der Waals surface area contributed by atoms with E-state index in [0.717, 1.165) is 11.3 Å². The third-order valence-corrected chi connectivity index (χ3v) is 6.76. The van der Waals surface area contributed by atoms with Crippen LogP contribution in [-0.2, 0) is 13.6 Å². The molecule has 3 aromatic heterocycles. The minimum Gasteiger partial charge on any atom is -0.331 e. The van der Waals surface area contributed by atoms with E-state index >= 15 is 0 Å². The van der Waals surface area contributed by atoms with Crippen molar-refractivity contribution in [2.75, 3.05) is 6.54 Å². The molecule has 33 heavy (non-hydrogen) atoms. The molecule has 0 aliphatic rings. The summed E-state index contributed by atoms with van der Waals surface area (Å²) in [6, 6.07) is 7.08. The standard InChI is InChI=1S/C23H24N6O3S/c1-6-29(11-17-25-16-10-8-7-9-15(16)20(30)26-17)23(32)19-14(4)24-21(33-19)18-12(2)13(3)27-28(5)22(18)31/h7-10H,6,11H2,1-5H3,(H,25,26,30). The van der Waals surface area contributed by atoms with Crippen LogP contribution >= 0.6 is 11.3 Å². The van der Waals surface area contributed by atoms with Crippen LogP contribution < -0.4 is 11.1 Å².